The van der Waals surface area contributed by atoms with Gasteiger partial charge in [-0.1, -0.05) is 6.07 Å². The molecule has 5 nitrogen and oxygen atoms in total. The maximum absolute atomic E-state index is 12.2. The smallest absolute Gasteiger partial charge is 0.324 e. The molecule has 0 radical (unpaired) electrons. The monoisotopic (exact) mass is 283 g/mol. The Bertz CT molecular complexity index is 620. The third-order valence-electron chi connectivity index (χ3n) is 3.30. The normalized spacial score (nSPS) is 15.3. The van der Waals surface area contributed by atoms with Crippen molar-refractivity contribution in [2.75, 3.05) is 0 Å². The van der Waals surface area contributed by atoms with Crippen LogP contribution >= 0.6 is 0 Å². The first-order valence-corrected chi connectivity index (χ1v) is 7.60. The summed E-state index contributed by atoms with van der Waals surface area (Å²) in [7, 11) is -3.82. The van der Waals surface area contributed by atoms with Crippen molar-refractivity contribution in [1.29, 1.82) is 0 Å². The lowest BCUT2D eigenvalue weighted by Crippen LogP contribution is -2.49. The standard InChI is InChI=1S/C13H17NO4S/c1-13(2,12(15)16)14-19(17,18)11-7-6-9-4-3-5-10(9)8-11/h6-8,14H,3-5H2,1-2H3,(H,15,16). The van der Waals surface area contributed by atoms with Crippen molar-refractivity contribution in [1.82, 2.24) is 4.72 Å². The Morgan fingerprint density at radius 2 is 1.89 bits per heavy atom. The van der Waals surface area contributed by atoms with Gasteiger partial charge in [0, 0.05) is 0 Å². The van der Waals surface area contributed by atoms with E-state index in [0.717, 1.165) is 24.8 Å². The van der Waals surface area contributed by atoms with Gasteiger partial charge in [0.2, 0.25) is 10.0 Å². The molecule has 0 spiro atoms. The van der Waals surface area contributed by atoms with Crippen LogP contribution in [-0.2, 0) is 27.7 Å². The summed E-state index contributed by atoms with van der Waals surface area (Å²) >= 11 is 0. The van der Waals surface area contributed by atoms with Gasteiger partial charge in [0.25, 0.3) is 0 Å². The van der Waals surface area contributed by atoms with Crippen LogP contribution in [0.25, 0.3) is 0 Å². The van der Waals surface area contributed by atoms with Gasteiger partial charge in [-0.05, 0) is 56.4 Å². The van der Waals surface area contributed by atoms with E-state index in [1.54, 1.807) is 6.07 Å². The first-order valence-electron chi connectivity index (χ1n) is 6.11. The van der Waals surface area contributed by atoms with Gasteiger partial charge in [0.1, 0.15) is 5.54 Å². The van der Waals surface area contributed by atoms with Gasteiger partial charge >= 0.3 is 5.97 Å². The molecule has 104 valence electrons. The molecule has 0 heterocycles. The average Bonchev–Trinajstić information content (AvgIpc) is 2.73. The third kappa shape index (κ3) is 2.79. The van der Waals surface area contributed by atoms with Crippen molar-refractivity contribution in [3.05, 3.63) is 29.3 Å². The Balaban J connectivity index is 2.33. The maximum Gasteiger partial charge on any atom is 0.324 e. The molecule has 6 heteroatoms. The second-order valence-corrected chi connectivity index (χ2v) is 7.00. The quantitative estimate of drug-likeness (QED) is 0.873. The summed E-state index contributed by atoms with van der Waals surface area (Å²) in [6, 6.07) is 4.98. The topological polar surface area (TPSA) is 83.5 Å². The first-order chi connectivity index (χ1) is 8.72. The van der Waals surface area contributed by atoms with Crippen molar-refractivity contribution < 1.29 is 18.3 Å². The van der Waals surface area contributed by atoms with Crippen molar-refractivity contribution in [2.24, 2.45) is 0 Å². The van der Waals surface area contributed by atoms with Gasteiger partial charge in [-0.2, -0.15) is 4.72 Å². The summed E-state index contributed by atoms with van der Waals surface area (Å²) in [5, 5.41) is 8.98. The van der Waals surface area contributed by atoms with E-state index >= 15 is 0 Å². The molecule has 2 rings (SSSR count). The van der Waals surface area contributed by atoms with Crippen LogP contribution in [0.1, 0.15) is 31.4 Å². The zero-order valence-corrected chi connectivity index (χ0v) is 11.8. The number of rotatable bonds is 4. The Labute approximate surface area is 112 Å². The number of carboxylic acid groups (broad SMARTS) is 1. The van der Waals surface area contributed by atoms with Crippen LogP contribution in [-0.4, -0.2) is 25.0 Å². The molecule has 0 amide bonds. The van der Waals surface area contributed by atoms with E-state index in [2.05, 4.69) is 4.72 Å². The Kier molecular flexibility index (Phi) is 3.40. The van der Waals surface area contributed by atoms with Gasteiger partial charge in [-0.3, -0.25) is 4.79 Å². The molecule has 1 aliphatic rings. The Morgan fingerprint density at radius 3 is 2.53 bits per heavy atom. The minimum Gasteiger partial charge on any atom is -0.480 e. The molecule has 0 aliphatic heterocycles. The fraction of sp³-hybridized carbons (Fsp3) is 0.462. The highest BCUT2D eigenvalue weighted by Gasteiger charge is 2.33. The zero-order chi connectivity index (χ0) is 14.3. The lowest BCUT2D eigenvalue weighted by molar-refractivity contribution is -0.142. The Morgan fingerprint density at radius 1 is 1.26 bits per heavy atom. The van der Waals surface area contributed by atoms with E-state index in [1.165, 1.54) is 25.5 Å². The van der Waals surface area contributed by atoms with E-state index in [4.69, 9.17) is 5.11 Å². The molecule has 19 heavy (non-hydrogen) atoms. The average molecular weight is 283 g/mol. The highest BCUT2D eigenvalue weighted by atomic mass is 32.2. The largest absolute Gasteiger partial charge is 0.480 e. The summed E-state index contributed by atoms with van der Waals surface area (Å²) in [5.41, 5.74) is 0.685. The van der Waals surface area contributed by atoms with Crippen LogP contribution < -0.4 is 4.72 Å². The minimum atomic E-state index is -3.82. The van der Waals surface area contributed by atoms with Gasteiger partial charge in [0.15, 0.2) is 0 Å². The number of hydrogen-bond acceptors (Lipinski definition) is 3. The predicted molar refractivity (Wildman–Crippen MR) is 70.5 cm³/mol. The molecule has 1 aromatic rings. The van der Waals surface area contributed by atoms with Gasteiger partial charge < -0.3 is 5.11 Å². The summed E-state index contributed by atoms with van der Waals surface area (Å²) < 4.78 is 26.6. The molecule has 1 aliphatic carbocycles. The van der Waals surface area contributed by atoms with E-state index in [9.17, 15) is 13.2 Å². The lowest BCUT2D eigenvalue weighted by Gasteiger charge is -2.21. The van der Waals surface area contributed by atoms with Crippen molar-refractivity contribution in [2.45, 2.75) is 43.5 Å². The molecule has 0 saturated carbocycles. The van der Waals surface area contributed by atoms with Crippen molar-refractivity contribution >= 4 is 16.0 Å². The van der Waals surface area contributed by atoms with Gasteiger partial charge in [0.05, 0.1) is 4.90 Å². The van der Waals surface area contributed by atoms with Crippen LogP contribution in [0, 0.1) is 0 Å². The van der Waals surface area contributed by atoms with Crippen molar-refractivity contribution in [3.8, 4) is 0 Å². The van der Waals surface area contributed by atoms with E-state index in [0.29, 0.717) is 0 Å². The molecular formula is C13H17NO4S. The van der Waals surface area contributed by atoms with Crippen molar-refractivity contribution in [3.63, 3.8) is 0 Å². The van der Waals surface area contributed by atoms with Gasteiger partial charge in [-0.15, -0.1) is 0 Å². The SMILES string of the molecule is CC(C)(NS(=O)(=O)c1ccc2c(c1)CCC2)C(=O)O. The Hall–Kier alpha value is -1.40. The molecule has 0 bridgehead atoms. The molecule has 0 unspecified atom stereocenters. The fourth-order valence-electron chi connectivity index (χ4n) is 2.15. The summed E-state index contributed by atoms with van der Waals surface area (Å²) in [6.07, 6.45) is 2.89. The molecule has 1 aromatic carbocycles. The zero-order valence-electron chi connectivity index (χ0n) is 10.9. The first kappa shape index (κ1) is 14.0. The molecule has 0 saturated heterocycles. The van der Waals surface area contributed by atoms with Crippen LogP contribution in [0.4, 0.5) is 0 Å². The van der Waals surface area contributed by atoms with Crippen LogP contribution in [0.15, 0.2) is 23.1 Å². The number of aliphatic carboxylic acids is 1. The van der Waals surface area contributed by atoms with Crippen LogP contribution in [0.5, 0.6) is 0 Å². The van der Waals surface area contributed by atoms with Gasteiger partial charge in [-0.25, -0.2) is 8.42 Å². The van der Waals surface area contributed by atoms with Crippen LogP contribution in [0.2, 0.25) is 0 Å². The van der Waals surface area contributed by atoms with E-state index in [-0.39, 0.29) is 4.90 Å². The third-order valence-corrected chi connectivity index (χ3v) is 4.96. The minimum absolute atomic E-state index is 0.127. The lowest BCUT2D eigenvalue weighted by atomic mass is 10.1. The molecule has 0 fully saturated rings. The number of nitrogens with one attached hydrogen (secondary N) is 1. The number of benzene rings is 1. The second-order valence-electron chi connectivity index (χ2n) is 5.32. The predicted octanol–water partition coefficient (Wildman–Crippen LogP) is 1.32. The molecule has 0 aromatic heterocycles. The number of fused-ring (bicyclic) bond motifs is 1. The molecule has 2 N–H and O–H groups in total. The fourth-order valence-corrected chi connectivity index (χ4v) is 3.58. The summed E-state index contributed by atoms with van der Waals surface area (Å²) in [5.74, 6) is -1.21. The second kappa shape index (κ2) is 4.61. The number of carbonyl (C=O) groups is 1. The number of sulfonamides is 1. The van der Waals surface area contributed by atoms with E-state index in [1.807, 2.05) is 6.07 Å². The highest BCUT2D eigenvalue weighted by Crippen LogP contribution is 2.25. The number of aryl methyl sites for hydroxylation is 2. The molecular weight excluding hydrogens is 266 g/mol. The maximum atomic E-state index is 12.2. The van der Waals surface area contributed by atoms with Crippen LogP contribution in [0.3, 0.4) is 0 Å². The molecule has 0 atom stereocenters. The summed E-state index contributed by atoms with van der Waals surface area (Å²) in [6.45, 7) is 2.64. The number of hydrogen-bond donors (Lipinski definition) is 2. The summed E-state index contributed by atoms with van der Waals surface area (Å²) in [4.78, 5) is 11.1. The van der Waals surface area contributed by atoms with E-state index < -0.39 is 21.5 Å². The number of carboxylic acids is 1. The highest BCUT2D eigenvalue weighted by molar-refractivity contribution is 7.89.